The van der Waals surface area contributed by atoms with Crippen molar-refractivity contribution in [2.75, 3.05) is 32.8 Å². The highest BCUT2D eigenvalue weighted by molar-refractivity contribution is 5.85. The zero-order chi connectivity index (χ0) is 18.6. The summed E-state index contributed by atoms with van der Waals surface area (Å²) >= 11 is 0. The molecule has 2 fully saturated rings. The Labute approximate surface area is 156 Å². The van der Waals surface area contributed by atoms with Crippen LogP contribution in [0.1, 0.15) is 43.7 Å². The highest BCUT2D eigenvalue weighted by atomic mass is 16.5. The topological polar surface area (TPSA) is 49.9 Å². The molecule has 3 rings (SSSR count). The molecule has 1 atom stereocenters. The predicted molar refractivity (Wildman–Crippen MR) is 101 cm³/mol. The van der Waals surface area contributed by atoms with Gasteiger partial charge < -0.3 is 14.5 Å². The molecular formula is C21H30N2O3. The Morgan fingerprint density at radius 3 is 2.77 bits per heavy atom. The Morgan fingerprint density at radius 1 is 1.19 bits per heavy atom. The average Bonchev–Trinajstić information content (AvgIpc) is 2.81. The van der Waals surface area contributed by atoms with Gasteiger partial charge in [0, 0.05) is 32.8 Å². The molecular weight excluding hydrogens is 328 g/mol. The van der Waals surface area contributed by atoms with Crippen LogP contribution in [0.15, 0.2) is 24.3 Å². The fourth-order valence-corrected chi connectivity index (χ4v) is 4.26. The van der Waals surface area contributed by atoms with Crippen LogP contribution in [0.3, 0.4) is 0 Å². The maximum atomic E-state index is 13.2. The molecule has 0 saturated carbocycles. The van der Waals surface area contributed by atoms with Gasteiger partial charge in [-0.25, -0.2) is 0 Å². The highest BCUT2D eigenvalue weighted by Gasteiger charge is 2.47. The molecule has 0 radical (unpaired) electrons. The van der Waals surface area contributed by atoms with Crippen molar-refractivity contribution in [3.8, 4) is 0 Å². The third-order valence-corrected chi connectivity index (χ3v) is 5.78. The summed E-state index contributed by atoms with van der Waals surface area (Å²) in [5.41, 5.74) is 2.14. The number of hydrogen-bond donors (Lipinski definition) is 0. The van der Waals surface area contributed by atoms with Crippen LogP contribution in [-0.4, -0.2) is 54.5 Å². The number of hydrogen-bond acceptors (Lipinski definition) is 3. The maximum absolute atomic E-state index is 13.2. The van der Waals surface area contributed by atoms with E-state index in [1.807, 2.05) is 16.7 Å². The normalized spacial score (nSPS) is 23.5. The zero-order valence-electron chi connectivity index (χ0n) is 16.0. The smallest absolute Gasteiger partial charge is 0.248 e. The lowest BCUT2D eigenvalue weighted by molar-refractivity contribution is -0.139. The van der Waals surface area contributed by atoms with E-state index in [9.17, 15) is 9.59 Å². The van der Waals surface area contributed by atoms with Crippen LogP contribution >= 0.6 is 0 Å². The highest BCUT2D eigenvalue weighted by Crippen LogP contribution is 2.42. The summed E-state index contributed by atoms with van der Waals surface area (Å²) < 4.78 is 5.25. The van der Waals surface area contributed by atoms with E-state index in [4.69, 9.17) is 4.74 Å². The zero-order valence-corrected chi connectivity index (χ0v) is 16.0. The van der Waals surface area contributed by atoms with E-state index < -0.39 is 0 Å². The summed E-state index contributed by atoms with van der Waals surface area (Å²) in [6.07, 6.45) is 3.45. The Morgan fingerprint density at radius 2 is 2.00 bits per heavy atom. The van der Waals surface area contributed by atoms with Crippen molar-refractivity contribution in [1.29, 1.82) is 0 Å². The molecule has 2 aliphatic rings. The molecule has 1 unspecified atom stereocenters. The summed E-state index contributed by atoms with van der Waals surface area (Å²) in [5.74, 6) is 0.323. The van der Waals surface area contributed by atoms with Gasteiger partial charge in [0.05, 0.1) is 5.41 Å². The number of aryl methyl sites for hydroxylation is 1. The van der Waals surface area contributed by atoms with E-state index >= 15 is 0 Å². The van der Waals surface area contributed by atoms with Gasteiger partial charge in [0.1, 0.15) is 6.61 Å². The number of nitrogens with zero attached hydrogens (tertiary/aromatic N) is 2. The fraction of sp³-hybridized carbons (Fsp3) is 0.619. The van der Waals surface area contributed by atoms with Crippen molar-refractivity contribution in [2.45, 2.75) is 46.1 Å². The first kappa shape index (κ1) is 18.9. The number of likely N-dealkylation sites (tertiary alicyclic amines) is 2. The van der Waals surface area contributed by atoms with Gasteiger partial charge in [-0.3, -0.25) is 9.59 Å². The number of amides is 2. The second-order valence-corrected chi connectivity index (χ2v) is 7.62. The maximum Gasteiger partial charge on any atom is 0.248 e. The van der Waals surface area contributed by atoms with Crippen molar-refractivity contribution >= 4 is 11.8 Å². The summed E-state index contributed by atoms with van der Waals surface area (Å²) in [6.45, 7) is 7.58. The van der Waals surface area contributed by atoms with Crippen molar-refractivity contribution in [2.24, 2.45) is 5.41 Å². The lowest BCUT2D eigenvalue weighted by Crippen LogP contribution is -2.37. The first-order valence-electron chi connectivity index (χ1n) is 9.74. The Hall–Kier alpha value is -1.88. The van der Waals surface area contributed by atoms with E-state index in [0.29, 0.717) is 19.7 Å². The van der Waals surface area contributed by atoms with Crippen LogP contribution in [-0.2, 0) is 20.9 Å². The Balaban J connectivity index is 1.62. The molecule has 0 aromatic heterocycles. The van der Waals surface area contributed by atoms with Crippen molar-refractivity contribution in [3.63, 3.8) is 0 Å². The second-order valence-electron chi connectivity index (χ2n) is 7.62. The third-order valence-electron chi connectivity index (χ3n) is 5.78. The lowest BCUT2D eigenvalue weighted by Gasteiger charge is -2.27. The number of carbonyl (C=O) groups is 2. The molecule has 5 heteroatoms. The summed E-state index contributed by atoms with van der Waals surface area (Å²) in [6, 6.07) is 8.37. The van der Waals surface area contributed by atoms with Crippen LogP contribution in [0.2, 0.25) is 0 Å². The minimum Gasteiger partial charge on any atom is -0.372 e. The third kappa shape index (κ3) is 4.09. The van der Waals surface area contributed by atoms with Crippen LogP contribution in [0, 0.1) is 12.3 Å². The van der Waals surface area contributed by atoms with Crippen LogP contribution in [0.25, 0.3) is 0 Å². The molecule has 2 heterocycles. The summed E-state index contributed by atoms with van der Waals surface area (Å²) in [7, 11) is 0. The van der Waals surface area contributed by atoms with Crippen molar-refractivity contribution in [1.82, 2.24) is 9.80 Å². The number of benzene rings is 1. The first-order chi connectivity index (χ1) is 12.5. The van der Waals surface area contributed by atoms with Gasteiger partial charge in [-0.05, 0) is 45.1 Å². The Bertz CT molecular complexity index is 660. The minimum absolute atomic E-state index is 0.0472. The van der Waals surface area contributed by atoms with Crippen molar-refractivity contribution < 1.29 is 14.3 Å². The summed E-state index contributed by atoms with van der Waals surface area (Å²) in [4.78, 5) is 29.3. The van der Waals surface area contributed by atoms with Gasteiger partial charge in [0.25, 0.3) is 0 Å². The average molecular weight is 358 g/mol. The molecule has 142 valence electrons. The van der Waals surface area contributed by atoms with Crippen LogP contribution in [0.5, 0.6) is 0 Å². The second kappa shape index (κ2) is 8.21. The van der Waals surface area contributed by atoms with E-state index in [1.165, 1.54) is 11.1 Å². The van der Waals surface area contributed by atoms with E-state index in [0.717, 1.165) is 38.8 Å². The fourth-order valence-electron chi connectivity index (χ4n) is 4.26. The van der Waals surface area contributed by atoms with Gasteiger partial charge in [-0.2, -0.15) is 0 Å². The molecule has 26 heavy (non-hydrogen) atoms. The largest absolute Gasteiger partial charge is 0.372 e. The predicted octanol–water partition coefficient (Wildman–Crippen LogP) is 2.76. The molecule has 1 aromatic rings. The molecule has 2 saturated heterocycles. The monoisotopic (exact) mass is 358 g/mol. The molecule has 0 bridgehead atoms. The van der Waals surface area contributed by atoms with E-state index in [1.54, 1.807) is 0 Å². The molecule has 2 amide bonds. The molecule has 1 spiro atoms. The summed E-state index contributed by atoms with van der Waals surface area (Å²) in [5, 5.41) is 0. The molecule has 0 aliphatic carbocycles. The van der Waals surface area contributed by atoms with Gasteiger partial charge in [-0.15, -0.1) is 0 Å². The standard InChI is InChI=1S/C21H30N2O3/c1-3-26-16-19(24)22-11-5-8-21(9-12-22)10-13-23(20(21)25)15-18-7-4-6-17(2)14-18/h4,6-7,14H,3,5,8-13,15-16H2,1-2H3. The number of ether oxygens (including phenoxy) is 1. The Kier molecular flexibility index (Phi) is 5.97. The van der Waals surface area contributed by atoms with Crippen molar-refractivity contribution in [3.05, 3.63) is 35.4 Å². The molecule has 0 N–H and O–H groups in total. The van der Waals surface area contributed by atoms with Gasteiger partial charge in [0.2, 0.25) is 11.8 Å². The quantitative estimate of drug-likeness (QED) is 0.813. The SMILES string of the molecule is CCOCC(=O)N1CCCC2(CC1)CCN(Cc1cccc(C)c1)C2=O. The van der Waals surface area contributed by atoms with E-state index in [-0.39, 0.29) is 23.8 Å². The lowest BCUT2D eigenvalue weighted by atomic mass is 9.79. The molecule has 2 aliphatic heterocycles. The number of rotatable bonds is 5. The van der Waals surface area contributed by atoms with Gasteiger partial charge in [-0.1, -0.05) is 29.8 Å². The first-order valence-corrected chi connectivity index (χ1v) is 9.74. The van der Waals surface area contributed by atoms with E-state index in [2.05, 4.69) is 31.2 Å². The van der Waals surface area contributed by atoms with Gasteiger partial charge >= 0.3 is 0 Å². The van der Waals surface area contributed by atoms with Crippen LogP contribution in [0.4, 0.5) is 0 Å². The van der Waals surface area contributed by atoms with Gasteiger partial charge in [0.15, 0.2) is 0 Å². The van der Waals surface area contributed by atoms with Crippen LogP contribution < -0.4 is 0 Å². The minimum atomic E-state index is -0.273. The number of carbonyl (C=O) groups excluding carboxylic acids is 2. The molecule has 1 aromatic carbocycles. The molecule has 5 nitrogen and oxygen atoms in total.